The molecule has 0 aliphatic carbocycles. The Morgan fingerprint density at radius 1 is 1.00 bits per heavy atom. The molecule has 34 valence electrons. The van der Waals surface area contributed by atoms with E-state index >= 15 is 0 Å². The second-order valence-corrected chi connectivity index (χ2v) is 0.577. The summed E-state index contributed by atoms with van der Waals surface area (Å²) in [6.45, 7) is 0. The highest BCUT2D eigenvalue weighted by Gasteiger charge is 1.64. The molecule has 3 nitrogen and oxygen atoms in total. The first-order chi connectivity index (χ1) is 1.73. The van der Waals surface area contributed by atoms with Gasteiger partial charge >= 0.3 is 0 Å². The summed E-state index contributed by atoms with van der Waals surface area (Å²) in [6, 6.07) is 0. The predicted molar refractivity (Wildman–Crippen MR) is 23.1 cm³/mol. The van der Waals surface area contributed by atoms with Gasteiger partial charge in [-0.1, -0.05) is 7.43 Å². The zero-order valence-electron chi connectivity index (χ0n) is 2.31. The molecule has 0 amide bonds. The van der Waals surface area contributed by atoms with Crippen LogP contribution >= 0.6 is 0 Å². The lowest BCUT2D eigenvalue weighted by atomic mass is 11.0. The van der Waals surface area contributed by atoms with Crippen molar-refractivity contribution >= 4 is 0 Å². The molecule has 0 radical (unpaired) electrons. The van der Waals surface area contributed by atoms with Crippen molar-refractivity contribution in [3.63, 3.8) is 0 Å². The fraction of sp³-hybridized carbons (Fsp3) is 1.00. The van der Waals surface area contributed by atoms with E-state index in [2.05, 4.69) is 17.2 Å². The Bertz CT molecular complexity index is 9.61. The van der Waals surface area contributed by atoms with Gasteiger partial charge in [0.2, 0.25) is 0 Å². The average Bonchev–Trinajstić information content (AvgIpc) is 0.811. The Labute approximate surface area is 32.1 Å². The van der Waals surface area contributed by atoms with Crippen LogP contribution in [0.3, 0.4) is 0 Å². The molecule has 0 unspecified atom stereocenters. The number of rotatable bonds is 0. The third-order valence-electron chi connectivity index (χ3n) is 0. The lowest BCUT2D eigenvalue weighted by molar-refractivity contribution is 0.750. The molecular weight excluding hydrogens is 66.0 g/mol. The summed E-state index contributed by atoms with van der Waals surface area (Å²) in [5, 5.41) is 0. The summed E-state index contributed by atoms with van der Waals surface area (Å²) in [7, 11) is 0. The van der Waals surface area contributed by atoms with Crippen LogP contribution in [0.15, 0.2) is 0 Å². The monoisotopic (exact) mass is 77.1 g/mol. The SMILES string of the molecule is C.NC(N)N. The van der Waals surface area contributed by atoms with Gasteiger partial charge in [-0.3, -0.25) is 0 Å². The quantitative estimate of drug-likeness (QED) is 0.317. The molecule has 6 N–H and O–H groups in total. The van der Waals surface area contributed by atoms with Crippen molar-refractivity contribution in [1.29, 1.82) is 0 Å². The van der Waals surface area contributed by atoms with Gasteiger partial charge in [0, 0.05) is 0 Å². The Morgan fingerprint density at radius 2 is 1.00 bits per heavy atom. The Morgan fingerprint density at radius 3 is 1.00 bits per heavy atom. The normalized spacial score (nSPS) is 7.20. The van der Waals surface area contributed by atoms with Gasteiger partial charge in [-0.15, -0.1) is 0 Å². The maximum absolute atomic E-state index is 4.67. The van der Waals surface area contributed by atoms with Crippen molar-refractivity contribution in [2.24, 2.45) is 17.2 Å². The zero-order chi connectivity index (χ0) is 3.58. The molecule has 0 aliphatic rings. The van der Waals surface area contributed by atoms with Crippen LogP contribution in [0.25, 0.3) is 0 Å². The Balaban J connectivity index is 0. The van der Waals surface area contributed by atoms with E-state index in [1.807, 2.05) is 0 Å². The molecule has 0 bridgehead atoms. The van der Waals surface area contributed by atoms with Gasteiger partial charge in [-0.2, -0.15) is 0 Å². The second kappa shape index (κ2) is 3.88. The largest absolute Gasteiger partial charge is 0.304 e. The molecule has 0 heterocycles. The van der Waals surface area contributed by atoms with Crippen molar-refractivity contribution in [2.75, 3.05) is 0 Å². The maximum atomic E-state index is 4.67. The van der Waals surface area contributed by atoms with E-state index < -0.39 is 6.29 Å². The summed E-state index contributed by atoms with van der Waals surface area (Å²) in [6.07, 6.45) is -0.667. The summed E-state index contributed by atoms with van der Waals surface area (Å²) in [5.74, 6) is 0. The van der Waals surface area contributed by atoms with Crippen LogP contribution in [0.4, 0.5) is 0 Å². The summed E-state index contributed by atoms with van der Waals surface area (Å²) in [5.41, 5.74) is 14.0. The average molecular weight is 77.1 g/mol. The van der Waals surface area contributed by atoms with E-state index in [1.165, 1.54) is 0 Å². The molecule has 0 atom stereocenters. The molecule has 0 saturated heterocycles. The highest BCUT2D eigenvalue weighted by Crippen LogP contribution is 1.17. The molecule has 5 heavy (non-hydrogen) atoms. The van der Waals surface area contributed by atoms with E-state index in [-0.39, 0.29) is 7.43 Å². The van der Waals surface area contributed by atoms with Crippen molar-refractivity contribution in [3.05, 3.63) is 0 Å². The second-order valence-electron chi connectivity index (χ2n) is 0.577. The van der Waals surface area contributed by atoms with Crippen LogP contribution in [0.2, 0.25) is 0 Å². The van der Waals surface area contributed by atoms with Gasteiger partial charge in [0.1, 0.15) is 6.29 Å². The number of hydrogen-bond donors (Lipinski definition) is 3. The van der Waals surface area contributed by atoms with E-state index in [0.717, 1.165) is 0 Å². The van der Waals surface area contributed by atoms with E-state index in [4.69, 9.17) is 0 Å². The van der Waals surface area contributed by atoms with Crippen molar-refractivity contribution in [1.82, 2.24) is 0 Å². The van der Waals surface area contributed by atoms with Crippen LogP contribution in [0.5, 0.6) is 0 Å². The molecule has 0 aromatic rings. The first-order valence-corrected chi connectivity index (χ1v) is 1.00. The van der Waals surface area contributed by atoms with Gasteiger partial charge in [0.05, 0.1) is 0 Å². The standard InChI is InChI=1S/CH7N3.CH4/c2-1(3)4;/h1H,2-4H2;1H4. The van der Waals surface area contributed by atoms with Crippen molar-refractivity contribution < 1.29 is 0 Å². The van der Waals surface area contributed by atoms with E-state index in [9.17, 15) is 0 Å². The topological polar surface area (TPSA) is 78.1 Å². The van der Waals surface area contributed by atoms with E-state index in [1.54, 1.807) is 0 Å². The summed E-state index contributed by atoms with van der Waals surface area (Å²) in [4.78, 5) is 0. The first-order valence-electron chi connectivity index (χ1n) is 1.00. The zero-order valence-corrected chi connectivity index (χ0v) is 2.31. The van der Waals surface area contributed by atoms with Gasteiger partial charge < -0.3 is 17.2 Å². The number of nitrogens with two attached hydrogens (primary N) is 3. The lowest BCUT2D eigenvalue weighted by Gasteiger charge is -1.84. The minimum Gasteiger partial charge on any atom is -0.304 e. The molecule has 0 rings (SSSR count). The molecule has 0 spiro atoms. The van der Waals surface area contributed by atoms with Gasteiger partial charge in [-0.05, 0) is 0 Å². The Kier molecular flexibility index (Phi) is 6.87. The third kappa shape index (κ3) is 952. The predicted octanol–water partition coefficient (Wildman–Crippen LogP) is -1.22. The van der Waals surface area contributed by atoms with Crippen LogP contribution in [-0.4, -0.2) is 6.29 Å². The summed E-state index contributed by atoms with van der Waals surface area (Å²) < 4.78 is 0. The van der Waals surface area contributed by atoms with Crippen molar-refractivity contribution in [3.8, 4) is 0 Å². The first kappa shape index (κ1) is 8.86. The van der Waals surface area contributed by atoms with Crippen LogP contribution in [0, 0.1) is 0 Å². The van der Waals surface area contributed by atoms with Gasteiger partial charge in [0.25, 0.3) is 0 Å². The third-order valence-corrected chi connectivity index (χ3v) is 0. The molecule has 0 aromatic heterocycles. The smallest absolute Gasteiger partial charge is 0.104 e. The minimum absolute atomic E-state index is 0. The molecule has 0 saturated carbocycles. The van der Waals surface area contributed by atoms with Crippen LogP contribution < -0.4 is 17.2 Å². The minimum atomic E-state index is -0.667. The fourth-order valence-electron chi connectivity index (χ4n) is 0. The van der Waals surface area contributed by atoms with Gasteiger partial charge in [-0.25, -0.2) is 0 Å². The molecule has 0 aromatic carbocycles. The summed E-state index contributed by atoms with van der Waals surface area (Å²) >= 11 is 0. The lowest BCUT2D eigenvalue weighted by Crippen LogP contribution is -2.39. The van der Waals surface area contributed by atoms with Crippen LogP contribution in [-0.2, 0) is 0 Å². The maximum Gasteiger partial charge on any atom is 0.104 e. The number of hydrogen-bond acceptors (Lipinski definition) is 3. The molecule has 3 heteroatoms. The van der Waals surface area contributed by atoms with Gasteiger partial charge in [0.15, 0.2) is 0 Å². The highest BCUT2D eigenvalue weighted by molar-refractivity contribution is 4.25. The molecular formula is C2H11N3. The fourth-order valence-corrected chi connectivity index (χ4v) is 0. The molecule has 0 aliphatic heterocycles. The van der Waals surface area contributed by atoms with E-state index in [0.29, 0.717) is 0 Å². The highest BCUT2D eigenvalue weighted by atomic mass is 15.0. The van der Waals surface area contributed by atoms with Crippen molar-refractivity contribution in [2.45, 2.75) is 13.7 Å². The van der Waals surface area contributed by atoms with Crippen LogP contribution in [0.1, 0.15) is 7.43 Å². The molecule has 0 fully saturated rings. The Hall–Kier alpha value is -0.120.